The molecular formula is C21H17ClN4O2S. The molecule has 0 amide bonds. The number of nitrogens with zero attached hydrogens (tertiary/aromatic N) is 3. The van der Waals surface area contributed by atoms with Gasteiger partial charge in [0.2, 0.25) is 0 Å². The van der Waals surface area contributed by atoms with E-state index in [1.54, 1.807) is 18.2 Å². The largest absolute Gasteiger partial charge is 0.401 e. The smallest absolute Gasteiger partial charge is 0.266 e. The Hall–Kier alpha value is -3.08. The van der Waals surface area contributed by atoms with Crippen LogP contribution in [0.4, 0.5) is 0 Å². The molecule has 1 heterocycles. The Balaban J connectivity index is 2.13. The highest BCUT2D eigenvalue weighted by molar-refractivity contribution is 7.99. The SMILES string of the molecule is C/C(N)=C(/C#N)C(=O)CSc1nc2cc(Cl)ccc2c(=O)n1-c1ccc(C)cc1. The Morgan fingerprint density at radius 2 is 1.97 bits per heavy atom. The Morgan fingerprint density at radius 1 is 1.28 bits per heavy atom. The number of ketones is 1. The highest BCUT2D eigenvalue weighted by Crippen LogP contribution is 2.24. The van der Waals surface area contributed by atoms with Crippen molar-refractivity contribution >= 4 is 40.0 Å². The lowest BCUT2D eigenvalue weighted by molar-refractivity contribution is -0.112. The first-order valence-electron chi connectivity index (χ1n) is 8.63. The third-order valence-corrected chi connectivity index (χ3v) is 5.38. The minimum Gasteiger partial charge on any atom is -0.401 e. The molecule has 3 rings (SSSR count). The quantitative estimate of drug-likeness (QED) is 0.289. The second-order valence-electron chi connectivity index (χ2n) is 6.41. The number of thioether (sulfide) groups is 1. The number of nitrogens with two attached hydrogens (primary N) is 1. The fraction of sp³-hybridized carbons (Fsp3) is 0.143. The van der Waals surface area contributed by atoms with E-state index in [4.69, 9.17) is 22.6 Å². The van der Waals surface area contributed by atoms with Crippen LogP contribution in [0.15, 0.2) is 63.7 Å². The first-order chi connectivity index (χ1) is 13.8. The molecule has 0 bridgehead atoms. The number of hydrogen-bond acceptors (Lipinski definition) is 6. The number of fused-ring (bicyclic) bond motifs is 1. The van der Waals surface area contributed by atoms with E-state index in [0.29, 0.717) is 26.8 Å². The second-order valence-corrected chi connectivity index (χ2v) is 7.79. The number of aryl methyl sites for hydroxylation is 1. The summed E-state index contributed by atoms with van der Waals surface area (Å²) in [4.78, 5) is 30.1. The predicted octanol–water partition coefficient (Wildman–Crippen LogP) is 3.77. The van der Waals surface area contributed by atoms with Crippen LogP contribution in [0.2, 0.25) is 5.02 Å². The summed E-state index contributed by atoms with van der Waals surface area (Å²) in [7, 11) is 0. The lowest BCUT2D eigenvalue weighted by Crippen LogP contribution is -2.22. The van der Waals surface area contributed by atoms with Crippen LogP contribution < -0.4 is 11.3 Å². The third kappa shape index (κ3) is 4.34. The lowest BCUT2D eigenvalue weighted by atomic mass is 10.2. The van der Waals surface area contributed by atoms with Gasteiger partial charge in [0.15, 0.2) is 10.9 Å². The van der Waals surface area contributed by atoms with Crippen molar-refractivity contribution in [3.05, 3.63) is 74.7 Å². The molecule has 2 aromatic carbocycles. The Kier molecular flexibility index (Phi) is 6.06. The lowest BCUT2D eigenvalue weighted by Gasteiger charge is -2.13. The van der Waals surface area contributed by atoms with Crippen molar-refractivity contribution in [1.29, 1.82) is 5.26 Å². The number of Topliss-reactive ketones (excluding diaryl/α,β-unsaturated/α-hetero) is 1. The van der Waals surface area contributed by atoms with E-state index >= 15 is 0 Å². The van der Waals surface area contributed by atoms with Crippen LogP contribution in [0.25, 0.3) is 16.6 Å². The van der Waals surface area contributed by atoms with Gasteiger partial charge in [-0.3, -0.25) is 14.2 Å². The summed E-state index contributed by atoms with van der Waals surface area (Å²) in [6.07, 6.45) is 0. The first-order valence-corrected chi connectivity index (χ1v) is 10.00. The molecule has 0 aliphatic heterocycles. The molecule has 6 nitrogen and oxygen atoms in total. The van der Waals surface area contributed by atoms with Crippen LogP contribution in [0.1, 0.15) is 12.5 Å². The topological polar surface area (TPSA) is 102 Å². The zero-order chi connectivity index (χ0) is 21.1. The molecule has 146 valence electrons. The van der Waals surface area contributed by atoms with E-state index in [1.807, 2.05) is 37.3 Å². The highest BCUT2D eigenvalue weighted by atomic mass is 35.5. The second kappa shape index (κ2) is 8.52. The summed E-state index contributed by atoms with van der Waals surface area (Å²) in [5.74, 6) is -0.504. The normalized spacial score (nSPS) is 11.8. The van der Waals surface area contributed by atoms with Gasteiger partial charge in [-0.25, -0.2) is 4.98 Å². The number of nitriles is 1. The standard InChI is InChI=1S/C21H17ClN4O2S/c1-12-3-6-15(7-4-12)26-20(28)16-8-5-14(22)9-18(16)25-21(26)29-11-19(27)17(10-23)13(2)24/h3-9H,11,24H2,1-2H3/b17-13+. The molecule has 0 fully saturated rings. The molecule has 2 N–H and O–H groups in total. The van der Waals surface area contributed by atoms with Gasteiger partial charge in [-0.1, -0.05) is 41.1 Å². The molecule has 8 heteroatoms. The molecule has 0 saturated carbocycles. The van der Waals surface area contributed by atoms with E-state index < -0.39 is 5.78 Å². The molecule has 0 radical (unpaired) electrons. The molecule has 1 aromatic heterocycles. The average Bonchev–Trinajstić information content (AvgIpc) is 2.67. The van der Waals surface area contributed by atoms with Gasteiger partial charge < -0.3 is 5.73 Å². The van der Waals surface area contributed by atoms with E-state index in [2.05, 4.69) is 4.98 Å². The Morgan fingerprint density at radius 3 is 2.59 bits per heavy atom. The maximum atomic E-state index is 13.2. The van der Waals surface area contributed by atoms with Crippen LogP contribution in [0, 0.1) is 18.3 Å². The van der Waals surface area contributed by atoms with Gasteiger partial charge in [0.05, 0.1) is 22.3 Å². The number of aromatic nitrogens is 2. The summed E-state index contributed by atoms with van der Waals surface area (Å²) in [5, 5.41) is 10.3. The van der Waals surface area contributed by atoms with Gasteiger partial charge in [0.1, 0.15) is 11.6 Å². The number of rotatable bonds is 5. The Labute approximate surface area is 176 Å². The minimum atomic E-state index is -0.423. The van der Waals surface area contributed by atoms with Crippen LogP contribution in [-0.4, -0.2) is 21.1 Å². The van der Waals surface area contributed by atoms with E-state index in [-0.39, 0.29) is 22.6 Å². The molecule has 0 aliphatic carbocycles. The summed E-state index contributed by atoms with van der Waals surface area (Å²) in [6, 6.07) is 14.1. The van der Waals surface area contributed by atoms with Crippen LogP contribution in [-0.2, 0) is 4.79 Å². The molecule has 0 spiro atoms. The van der Waals surface area contributed by atoms with E-state index in [0.717, 1.165) is 17.3 Å². The summed E-state index contributed by atoms with van der Waals surface area (Å²) in [5.41, 5.74) is 7.53. The van der Waals surface area contributed by atoms with Crippen molar-refractivity contribution in [3.8, 4) is 11.8 Å². The number of hydrogen-bond donors (Lipinski definition) is 1. The third-order valence-electron chi connectivity index (χ3n) is 4.21. The molecule has 0 unspecified atom stereocenters. The van der Waals surface area contributed by atoms with Gasteiger partial charge in [0, 0.05) is 10.7 Å². The van der Waals surface area contributed by atoms with Gasteiger partial charge in [0.25, 0.3) is 5.56 Å². The Bertz CT molecular complexity index is 1240. The summed E-state index contributed by atoms with van der Waals surface area (Å²) < 4.78 is 1.46. The maximum absolute atomic E-state index is 13.2. The number of allylic oxidation sites excluding steroid dienone is 2. The van der Waals surface area contributed by atoms with Crippen molar-refractivity contribution in [2.75, 3.05) is 5.75 Å². The van der Waals surface area contributed by atoms with Crippen molar-refractivity contribution in [2.45, 2.75) is 19.0 Å². The highest BCUT2D eigenvalue weighted by Gasteiger charge is 2.17. The first kappa shape index (κ1) is 20.6. The molecule has 29 heavy (non-hydrogen) atoms. The van der Waals surface area contributed by atoms with Gasteiger partial charge >= 0.3 is 0 Å². The number of carbonyl (C=O) groups excluding carboxylic acids is 1. The number of halogens is 1. The number of benzene rings is 2. The molecule has 0 aliphatic rings. The summed E-state index contributed by atoms with van der Waals surface area (Å²) >= 11 is 7.12. The van der Waals surface area contributed by atoms with Gasteiger partial charge in [-0.15, -0.1) is 0 Å². The maximum Gasteiger partial charge on any atom is 0.266 e. The minimum absolute atomic E-state index is 0.0815. The zero-order valence-corrected chi connectivity index (χ0v) is 17.3. The van der Waals surface area contributed by atoms with Crippen molar-refractivity contribution in [3.63, 3.8) is 0 Å². The van der Waals surface area contributed by atoms with Crippen LogP contribution in [0.3, 0.4) is 0 Å². The van der Waals surface area contributed by atoms with Crippen LogP contribution >= 0.6 is 23.4 Å². The van der Waals surface area contributed by atoms with Gasteiger partial charge in [-0.2, -0.15) is 5.26 Å². The molecule has 3 aromatic rings. The fourth-order valence-electron chi connectivity index (χ4n) is 2.73. The zero-order valence-electron chi connectivity index (χ0n) is 15.8. The fourth-order valence-corrected chi connectivity index (χ4v) is 3.78. The molecular weight excluding hydrogens is 408 g/mol. The van der Waals surface area contributed by atoms with Crippen LogP contribution in [0.5, 0.6) is 0 Å². The molecule has 0 saturated heterocycles. The van der Waals surface area contributed by atoms with Gasteiger partial charge in [-0.05, 0) is 44.2 Å². The van der Waals surface area contributed by atoms with Crippen molar-refractivity contribution in [2.24, 2.45) is 5.73 Å². The number of carbonyl (C=O) groups is 1. The monoisotopic (exact) mass is 424 g/mol. The van der Waals surface area contributed by atoms with Crippen molar-refractivity contribution in [1.82, 2.24) is 9.55 Å². The average molecular weight is 425 g/mol. The van der Waals surface area contributed by atoms with E-state index in [9.17, 15) is 9.59 Å². The van der Waals surface area contributed by atoms with Crippen molar-refractivity contribution < 1.29 is 4.79 Å². The predicted molar refractivity (Wildman–Crippen MR) is 115 cm³/mol. The molecule has 0 atom stereocenters. The summed E-state index contributed by atoms with van der Waals surface area (Å²) in [6.45, 7) is 3.45. The van der Waals surface area contributed by atoms with E-state index in [1.165, 1.54) is 11.5 Å².